The topological polar surface area (TPSA) is 78.7 Å². The average molecular weight is 403 g/mol. The van der Waals surface area contributed by atoms with Gasteiger partial charge < -0.3 is 19.6 Å². The van der Waals surface area contributed by atoms with E-state index in [2.05, 4.69) is 36.4 Å². The molecule has 7 nitrogen and oxygen atoms in total. The number of hydrogen-bond donors (Lipinski definition) is 1. The highest BCUT2D eigenvalue weighted by Gasteiger charge is 2.36. The lowest BCUT2D eigenvalue weighted by Crippen LogP contribution is -2.52. The summed E-state index contributed by atoms with van der Waals surface area (Å²) in [6, 6.07) is 2.60. The zero-order valence-electron chi connectivity index (χ0n) is 17.9. The smallest absolute Gasteiger partial charge is 0.273 e. The van der Waals surface area contributed by atoms with Gasteiger partial charge in [0, 0.05) is 42.6 Å². The lowest BCUT2D eigenvalue weighted by molar-refractivity contribution is -0.140. The van der Waals surface area contributed by atoms with Crippen molar-refractivity contribution in [3.05, 3.63) is 17.5 Å². The van der Waals surface area contributed by atoms with Gasteiger partial charge in [0.15, 0.2) is 5.69 Å². The van der Waals surface area contributed by atoms with Crippen molar-refractivity contribution in [3.8, 4) is 0 Å². The average Bonchev–Trinajstić information content (AvgIpc) is 3.44. The molecule has 3 aliphatic rings. The molecular weight excluding hydrogens is 368 g/mol. The van der Waals surface area contributed by atoms with Crippen LogP contribution >= 0.6 is 0 Å². The fourth-order valence-electron chi connectivity index (χ4n) is 4.92. The second-order valence-electron chi connectivity index (χ2n) is 9.43. The normalized spacial score (nSPS) is 30.4. The van der Waals surface area contributed by atoms with E-state index in [0.29, 0.717) is 30.1 Å². The molecule has 1 saturated heterocycles. The Bertz CT molecular complexity index is 734. The predicted molar refractivity (Wildman–Crippen MR) is 110 cm³/mol. The van der Waals surface area contributed by atoms with Crippen LogP contribution in [-0.2, 0) is 4.79 Å². The van der Waals surface area contributed by atoms with E-state index < -0.39 is 0 Å². The van der Waals surface area contributed by atoms with Crippen LogP contribution in [0.5, 0.6) is 0 Å². The third-order valence-electron chi connectivity index (χ3n) is 7.01. The van der Waals surface area contributed by atoms with Crippen molar-refractivity contribution in [2.24, 2.45) is 5.92 Å². The predicted octanol–water partition coefficient (Wildman–Crippen LogP) is 2.78. The van der Waals surface area contributed by atoms with Crippen LogP contribution < -0.4 is 5.32 Å². The number of nitrogens with zero attached hydrogens (tertiary/aromatic N) is 3. The third-order valence-corrected chi connectivity index (χ3v) is 7.01. The van der Waals surface area contributed by atoms with Gasteiger partial charge in [-0.05, 0) is 72.4 Å². The SMILES string of the molecule is C[C@@H]1CC(NC(=O)c2cc(C3CC3)on2)CCN1C(=O)C1CCC(N(C)C)CC1. The van der Waals surface area contributed by atoms with Crippen LogP contribution in [-0.4, -0.2) is 65.5 Å². The molecule has 1 aromatic rings. The number of aromatic nitrogens is 1. The molecule has 1 unspecified atom stereocenters. The number of nitrogens with one attached hydrogen (secondary N) is 1. The molecule has 2 saturated carbocycles. The van der Waals surface area contributed by atoms with Gasteiger partial charge in [-0.15, -0.1) is 0 Å². The van der Waals surface area contributed by atoms with Gasteiger partial charge in [0.1, 0.15) is 5.76 Å². The van der Waals surface area contributed by atoms with Crippen LogP contribution in [0, 0.1) is 5.92 Å². The standard InChI is InChI=1S/C22H34N4O3/c1-14-12-17(23-21(27)19-13-20(29-24-19)15-4-5-15)10-11-26(14)22(28)16-6-8-18(9-7-16)25(2)3/h13-18H,4-12H2,1-3H3,(H,23,27)/t14-,16?,17?,18?/m1/s1. The molecule has 2 amide bonds. The Labute approximate surface area is 173 Å². The van der Waals surface area contributed by atoms with E-state index in [-0.39, 0.29) is 23.9 Å². The summed E-state index contributed by atoms with van der Waals surface area (Å²) in [6.07, 6.45) is 8.00. The van der Waals surface area contributed by atoms with Crippen molar-refractivity contribution in [1.29, 1.82) is 0 Å². The second kappa shape index (κ2) is 8.46. The minimum Gasteiger partial charge on any atom is -0.360 e. The molecule has 1 N–H and O–H groups in total. The molecule has 3 fully saturated rings. The maximum atomic E-state index is 13.1. The lowest BCUT2D eigenvalue weighted by Gasteiger charge is -2.41. The molecule has 7 heteroatoms. The molecule has 1 aliphatic heterocycles. The van der Waals surface area contributed by atoms with E-state index in [9.17, 15) is 9.59 Å². The molecule has 0 aromatic carbocycles. The molecule has 2 aliphatic carbocycles. The first-order valence-corrected chi connectivity index (χ1v) is 11.2. The monoisotopic (exact) mass is 402 g/mol. The number of piperidine rings is 1. The molecular formula is C22H34N4O3. The second-order valence-corrected chi connectivity index (χ2v) is 9.43. The Balaban J connectivity index is 1.26. The van der Waals surface area contributed by atoms with Crippen LogP contribution in [0.2, 0.25) is 0 Å². The maximum absolute atomic E-state index is 13.1. The largest absolute Gasteiger partial charge is 0.360 e. The number of rotatable bonds is 5. The van der Waals surface area contributed by atoms with Crippen LogP contribution in [0.4, 0.5) is 0 Å². The van der Waals surface area contributed by atoms with Crippen LogP contribution in [0.3, 0.4) is 0 Å². The minimum absolute atomic E-state index is 0.0760. The van der Waals surface area contributed by atoms with Gasteiger partial charge in [0.2, 0.25) is 5.91 Å². The number of carbonyl (C=O) groups is 2. The van der Waals surface area contributed by atoms with Gasteiger partial charge in [-0.25, -0.2) is 0 Å². The van der Waals surface area contributed by atoms with Crippen molar-refractivity contribution in [1.82, 2.24) is 20.3 Å². The van der Waals surface area contributed by atoms with E-state index >= 15 is 0 Å². The van der Waals surface area contributed by atoms with Crippen molar-refractivity contribution in [3.63, 3.8) is 0 Å². The van der Waals surface area contributed by atoms with Crippen LogP contribution in [0.25, 0.3) is 0 Å². The first-order valence-electron chi connectivity index (χ1n) is 11.2. The van der Waals surface area contributed by atoms with Gasteiger partial charge in [-0.3, -0.25) is 9.59 Å². The minimum atomic E-state index is -0.167. The van der Waals surface area contributed by atoms with Gasteiger partial charge >= 0.3 is 0 Å². The number of likely N-dealkylation sites (tertiary alicyclic amines) is 1. The van der Waals surface area contributed by atoms with Gasteiger partial charge in [-0.2, -0.15) is 0 Å². The summed E-state index contributed by atoms with van der Waals surface area (Å²) in [5.41, 5.74) is 0.371. The molecule has 2 heterocycles. The molecule has 2 atom stereocenters. The van der Waals surface area contributed by atoms with Crippen LogP contribution in [0.1, 0.15) is 80.5 Å². The summed E-state index contributed by atoms with van der Waals surface area (Å²) in [5, 5.41) is 7.02. The molecule has 160 valence electrons. The lowest BCUT2D eigenvalue weighted by atomic mass is 9.83. The van der Waals surface area contributed by atoms with E-state index in [1.165, 1.54) is 0 Å². The molecule has 1 aromatic heterocycles. The fourth-order valence-corrected chi connectivity index (χ4v) is 4.92. The van der Waals surface area contributed by atoms with Crippen molar-refractivity contribution in [2.75, 3.05) is 20.6 Å². The summed E-state index contributed by atoms with van der Waals surface area (Å²) in [7, 11) is 4.25. The van der Waals surface area contributed by atoms with E-state index in [1.54, 1.807) is 6.07 Å². The zero-order valence-corrected chi connectivity index (χ0v) is 17.9. The fraction of sp³-hybridized carbons (Fsp3) is 0.773. The third kappa shape index (κ3) is 4.65. The molecule has 0 bridgehead atoms. The number of amides is 2. The number of hydrogen-bond acceptors (Lipinski definition) is 5. The van der Waals surface area contributed by atoms with E-state index in [4.69, 9.17) is 4.52 Å². The quantitative estimate of drug-likeness (QED) is 0.819. The van der Waals surface area contributed by atoms with Gasteiger partial charge in [-0.1, -0.05) is 5.16 Å². The highest BCUT2D eigenvalue weighted by molar-refractivity contribution is 5.92. The Hall–Kier alpha value is -1.89. The Kier molecular flexibility index (Phi) is 5.95. The Morgan fingerprint density at radius 1 is 1.14 bits per heavy atom. The van der Waals surface area contributed by atoms with E-state index in [1.807, 2.05) is 4.90 Å². The Morgan fingerprint density at radius 3 is 2.48 bits per heavy atom. The van der Waals surface area contributed by atoms with Gasteiger partial charge in [0.05, 0.1) is 0 Å². The molecule has 0 spiro atoms. The molecule has 4 rings (SSSR count). The van der Waals surface area contributed by atoms with Gasteiger partial charge in [0.25, 0.3) is 5.91 Å². The summed E-state index contributed by atoms with van der Waals surface area (Å²) < 4.78 is 5.29. The highest BCUT2D eigenvalue weighted by atomic mass is 16.5. The van der Waals surface area contributed by atoms with Crippen LogP contribution in [0.15, 0.2) is 10.6 Å². The summed E-state index contributed by atoms with van der Waals surface area (Å²) in [5.74, 6) is 1.58. The highest BCUT2D eigenvalue weighted by Crippen LogP contribution is 2.40. The van der Waals surface area contributed by atoms with Crippen molar-refractivity contribution < 1.29 is 14.1 Å². The molecule has 29 heavy (non-hydrogen) atoms. The molecule has 0 radical (unpaired) electrons. The summed E-state index contributed by atoms with van der Waals surface area (Å²) in [4.78, 5) is 29.9. The van der Waals surface area contributed by atoms with Crippen molar-refractivity contribution >= 4 is 11.8 Å². The van der Waals surface area contributed by atoms with Crippen molar-refractivity contribution in [2.45, 2.75) is 82.3 Å². The number of carbonyl (C=O) groups excluding carboxylic acids is 2. The van der Waals surface area contributed by atoms with E-state index in [0.717, 1.165) is 57.1 Å². The summed E-state index contributed by atoms with van der Waals surface area (Å²) in [6.45, 7) is 2.81. The summed E-state index contributed by atoms with van der Waals surface area (Å²) >= 11 is 0. The Morgan fingerprint density at radius 2 is 1.86 bits per heavy atom. The first kappa shape index (κ1) is 20.4. The maximum Gasteiger partial charge on any atom is 0.273 e. The first-order chi connectivity index (χ1) is 13.9. The zero-order chi connectivity index (χ0) is 20.5.